The van der Waals surface area contributed by atoms with Crippen molar-refractivity contribution in [2.75, 3.05) is 24.7 Å². The molecule has 92 valence electrons. The van der Waals surface area contributed by atoms with Gasteiger partial charge in [-0.15, -0.1) is 0 Å². The number of anilines is 1. The molecule has 0 aromatic heterocycles. The molecule has 1 N–H and O–H groups in total. The fourth-order valence-corrected chi connectivity index (χ4v) is 2.29. The highest BCUT2D eigenvalue weighted by Gasteiger charge is 2.17. The molecule has 0 fully saturated rings. The summed E-state index contributed by atoms with van der Waals surface area (Å²) in [5, 5.41) is 8.93. The van der Waals surface area contributed by atoms with Gasteiger partial charge in [-0.2, -0.15) is 0 Å². The summed E-state index contributed by atoms with van der Waals surface area (Å²) in [5.41, 5.74) is 2.46. The van der Waals surface area contributed by atoms with Crippen molar-refractivity contribution in [3.63, 3.8) is 0 Å². The number of hydrogen-bond acceptors (Lipinski definition) is 2. The predicted octanol–water partition coefficient (Wildman–Crippen LogP) is 2.50. The van der Waals surface area contributed by atoms with Crippen molar-refractivity contribution in [2.45, 2.75) is 19.3 Å². The number of aromatic carboxylic acids is 1. The van der Waals surface area contributed by atoms with E-state index in [9.17, 15) is 9.18 Å². The van der Waals surface area contributed by atoms with Gasteiger partial charge < -0.3 is 10.0 Å². The number of alkyl halides is 1. The first-order valence-corrected chi connectivity index (χ1v) is 5.89. The number of nitrogens with zero attached hydrogens (tertiary/aromatic N) is 1. The van der Waals surface area contributed by atoms with Crippen molar-refractivity contribution in [3.8, 4) is 0 Å². The van der Waals surface area contributed by atoms with E-state index >= 15 is 0 Å². The van der Waals surface area contributed by atoms with Crippen molar-refractivity contribution < 1.29 is 14.3 Å². The van der Waals surface area contributed by atoms with Gasteiger partial charge in [0.25, 0.3) is 0 Å². The summed E-state index contributed by atoms with van der Waals surface area (Å²) < 4.78 is 12.2. The maximum atomic E-state index is 12.2. The molecule has 0 spiro atoms. The average Bonchev–Trinajstić information content (AvgIpc) is 2.35. The predicted molar refractivity (Wildman–Crippen MR) is 64.5 cm³/mol. The number of rotatable bonds is 4. The molecule has 0 aliphatic carbocycles. The summed E-state index contributed by atoms with van der Waals surface area (Å²) in [6.07, 6.45) is 2.44. The van der Waals surface area contributed by atoms with Crippen LogP contribution in [0.15, 0.2) is 18.2 Å². The first-order valence-electron chi connectivity index (χ1n) is 5.89. The molecule has 3 nitrogen and oxygen atoms in total. The quantitative estimate of drug-likeness (QED) is 0.874. The molecule has 1 aromatic rings. The molecule has 0 amide bonds. The molecule has 1 heterocycles. The number of carboxylic acid groups (broad SMARTS) is 1. The Morgan fingerprint density at radius 1 is 1.47 bits per heavy atom. The van der Waals surface area contributed by atoms with Crippen molar-refractivity contribution in [2.24, 2.45) is 0 Å². The van der Waals surface area contributed by atoms with E-state index < -0.39 is 5.97 Å². The SMILES string of the molecule is O=C(O)c1ccc2c(c1)CCCN2CCCF. The third kappa shape index (κ3) is 2.57. The first-order chi connectivity index (χ1) is 8.22. The normalized spacial score (nSPS) is 14.5. The maximum absolute atomic E-state index is 12.2. The maximum Gasteiger partial charge on any atom is 0.335 e. The Labute approximate surface area is 99.9 Å². The zero-order valence-electron chi connectivity index (χ0n) is 9.66. The second-order valence-corrected chi connectivity index (χ2v) is 4.28. The van der Waals surface area contributed by atoms with Crippen LogP contribution in [0, 0.1) is 0 Å². The lowest BCUT2D eigenvalue weighted by Crippen LogP contribution is -2.30. The number of hydrogen-bond donors (Lipinski definition) is 1. The molecule has 0 bridgehead atoms. The third-order valence-electron chi connectivity index (χ3n) is 3.10. The summed E-state index contributed by atoms with van der Waals surface area (Å²) in [6.45, 7) is 1.33. The zero-order chi connectivity index (χ0) is 12.3. The lowest BCUT2D eigenvalue weighted by atomic mass is 9.99. The van der Waals surface area contributed by atoms with Crippen molar-refractivity contribution in [1.82, 2.24) is 0 Å². The van der Waals surface area contributed by atoms with Crippen LogP contribution >= 0.6 is 0 Å². The standard InChI is InChI=1S/C13H16FNO2/c14-6-2-8-15-7-1-3-10-9-11(13(16)17)4-5-12(10)15/h4-5,9H,1-3,6-8H2,(H,16,17). The number of halogens is 1. The number of fused-ring (bicyclic) bond motifs is 1. The van der Waals surface area contributed by atoms with Gasteiger partial charge in [0.1, 0.15) is 0 Å². The molecule has 1 aromatic carbocycles. The Balaban J connectivity index is 2.23. The highest BCUT2D eigenvalue weighted by atomic mass is 19.1. The molecule has 0 saturated heterocycles. The minimum absolute atomic E-state index is 0.307. The molecule has 17 heavy (non-hydrogen) atoms. The van der Waals surface area contributed by atoms with Crippen molar-refractivity contribution in [3.05, 3.63) is 29.3 Å². The Hall–Kier alpha value is -1.58. The van der Waals surface area contributed by atoms with Gasteiger partial charge in [0, 0.05) is 18.8 Å². The molecule has 0 atom stereocenters. The lowest BCUT2D eigenvalue weighted by Gasteiger charge is -2.31. The number of carbonyl (C=O) groups is 1. The van der Waals surface area contributed by atoms with Gasteiger partial charge in [-0.25, -0.2) is 4.79 Å². The van der Waals surface area contributed by atoms with Crippen LogP contribution in [-0.2, 0) is 6.42 Å². The summed E-state index contributed by atoms with van der Waals surface area (Å²) >= 11 is 0. The van der Waals surface area contributed by atoms with Gasteiger partial charge in [-0.05, 0) is 43.0 Å². The van der Waals surface area contributed by atoms with E-state index in [-0.39, 0.29) is 6.67 Å². The highest BCUT2D eigenvalue weighted by Crippen LogP contribution is 2.28. The van der Waals surface area contributed by atoms with Crippen LogP contribution in [0.4, 0.5) is 10.1 Å². The molecule has 1 aliphatic heterocycles. The van der Waals surface area contributed by atoms with Crippen molar-refractivity contribution in [1.29, 1.82) is 0 Å². The summed E-state index contributed by atoms with van der Waals surface area (Å²) in [7, 11) is 0. The van der Waals surface area contributed by atoms with E-state index in [1.165, 1.54) is 0 Å². The molecule has 0 unspecified atom stereocenters. The van der Waals surface area contributed by atoms with Gasteiger partial charge in [0.2, 0.25) is 0 Å². The molecule has 0 radical (unpaired) electrons. The first kappa shape index (κ1) is 11.9. The third-order valence-corrected chi connectivity index (χ3v) is 3.10. The summed E-state index contributed by atoms with van der Waals surface area (Å²) in [4.78, 5) is 13.0. The lowest BCUT2D eigenvalue weighted by molar-refractivity contribution is 0.0697. The smallest absolute Gasteiger partial charge is 0.335 e. The van der Waals surface area contributed by atoms with E-state index in [2.05, 4.69) is 4.90 Å². The fourth-order valence-electron chi connectivity index (χ4n) is 2.29. The minimum atomic E-state index is -0.895. The zero-order valence-corrected chi connectivity index (χ0v) is 9.66. The van der Waals surface area contributed by atoms with Gasteiger partial charge in [-0.3, -0.25) is 4.39 Å². The molecular formula is C13H16FNO2. The van der Waals surface area contributed by atoms with Crippen LogP contribution in [0.2, 0.25) is 0 Å². The van der Waals surface area contributed by atoms with Gasteiger partial charge in [-0.1, -0.05) is 0 Å². The number of benzene rings is 1. The van der Waals surface area contributed by atoms with E-state index in [0.29, 0.717) is 18.5 Å². The second-order valence-electron chi connectivity index (χ2n) is 4.28. The average molecular weight is 237 g/mol. The van der Waals surface area contributed by atoms with Crippen LogP contribution in [-0.4, -0.2) is 30.8 Å². The van der Waals surface area contributed by atoms with Crippen LogP contribution in [0.25, 0.3) is 0 Å². The fraction of sp³-hybridized carbons (Fsp3) is 0.462. The van der Waals surface area contributed by atoms with Crippen molar-refractivity contribution >= 4 is 11.7 Å². The van der Waals surface area contributed by atoms with Crippen LogP contribution in [0.1, 0.15) is 28.8 Å². The van der Waals surface area contributed by atoms with E-state index in [1.54, 1.807) is 12.1 Å². The van der Waals surface area contributed by atoms with E-state index in [1.807, 2.05) is 6.07 Å². The number of aryl methyl sites for hydroxylation is 1. The largest absolute Gasteiger partial charge is 0.478 e. The molecular weight excluding hydrogens is 221 g/mol. The molecule has 0 saturated carbocycles. The highest BCUT2D eigenvalue weighted by molar-refractivity contribution is 5.88. The second kappa shape index (κ2) is 5.17. The summed E-state index contributed by atoms with van der Waals surface area (Å²) in [6, 6.07) is 5.20. The van der Waals surface area contributed by atoms with Gasteiger partial charge in [0.05, 0.1) is 12.2 Å². The Bertz CT molecular complexity index is 420. The Morgan fingerprint density at radius 2 is 2.29 bits per heavy atom. The van der Waals surface area contributed by atoms with Crippen LogP contribution < -0.4 is 4.90 Å². The number of carboxylic acids is 1. The Kier molecular flexibility index (Phi) is 3.61. The monoisotopic (exact) mass is 237 g/mol. The van der Waals surface area contributed by atoms with Gasteiger partial charge in [0.15, 0.2) is 0 Å². The Morgan fingerprint density at radius 3 is 3.00 bits per heavy atom. The van der Waals surface area contributed by atoms with Crippen LogP contribution in [0.3, 0.4) is 0 Å². The summed E-state index contributed by atoms with van der Waals surface area (Å²) in [5.74, 6) is -0.895. The molecule has 1 aliphatic rings. The van der Waals surface area contributed by atoms with E-state index in [4.69, 9.17) is 5.11 Å². The molecule has 4 heteroatoms. The van der Waals surface area contributed by atoms with Gasteiger partial charge >= 0.3 is 5.97 Å². The van der Waals surface area contributed by atoms with E-state index in [0.717, 1.165) is 30.6 Å². The van der Waals surface area contributed by atoms with Crippen LogP contribution in [0.5, 0.6) is 0 Å². The molecule has 2 rings (SSSR count). The minimum Gasteiger partial charge on any atom is -0.478 e. The topological polar surface area (TPSA) is 40.5 Å².